The maximum absolute atomic E-state index is 13.4. The summed E-state index contributed by atoms with van der Waals surface area (Å²) in [6, 6.07) is 5.47. The lowest BCUT2D eigenvalue weighted by atomic mass is 9.96. The zero-order chi connectivity index (χ0) is 18.9. The van der Waals surface area contributed by atoms with Gasteiger partial charge >= 0.3 is 6.18 Å². The third kappa shape index (κ3) is 3.48. The minimum absolute atomic E-state index is 0.209. The molecule has 3 rings (SSSR count). The molecule has 0 amide bonds. The van der Waals surface area contributed by atoms with Gasteiger partial charge in [-0.15, -0.1) is 11.8 Å². The molecule has 2 aliphatic heterocycles. The van der Waals surface area contributed by atoms with Crippen LogP contribution in [0.25, 0.3) is 0 Å². The van der Waals surface area contributed by atoms with Crippen molar-refractivity contribution >= 4 is 18.0 Å². The molecule has 0 fully saturated rings. The van der Waals surface area contributed by atoms with Gasteiger partial charge < -0.3 is 5.73 Å². The Hall–Kier alpha value is -1.57. The lowest BCUT2D eigenvalue weighted by Gasteiger charge is -2.35. The van der Waals surface area contributed by atoms with Crippen molar-refractivity contribution in [3.8, 4) is 0 Å². The Morgan fingerprint density at radius 2 is 2.04 bits per heavy atom. The normalized spacial score (nSPS) is 24.3. The molecule has 7 heteroatoms. The summed E-state index contributed by atoms with van der Waals surface area (Å²) in [7, 11) is 1.94. The summed E-state index contributed by atoms with van der Waals surface area (Å²) in [5, 5.41) is 6.80. The van der Waals surface area contributed by atoms with Crippen molar-refractivity contribution in [3.63, 3.8) is 0 Å². The fourth-order valence-corrected chi connectivity index (χ4v) is 4.65. The number of likely N-dealkylation sites (N-methyl/N-ethyl adjacent to an activating group) is 1. The summed E-state index contributed by atoms with van der Waals surface area (Å²) >= 11 is 1.76. The molecule has 0 aliphatic carbocycles. The van der Waals surface area contributed by atoms with Gasteiger partial charge in [0.1, 0.15) is 6.04 Å². The van der Waals surface area contributed by atoms with Gasteiger partial charge in [0.05, 0.1) is 18.8 Å². The van der Waals surface area contributed by atoms with Crippen molar-refractivity contribution in [2.24, 2.45) is 10.8 Å². The van der Waals surface area contributed by atoms with Crippen molar-refractivity contribution in [2.75, 3.05) is 19.3 Å². The van der Waals surface area contributed by atoms with Crippen LogP contribution in [0.4, 0.5) is 13.2 Å². The highest BCUT2D eigenvalue weighted by atomic mass is 32.2. The molecule has 1 aromatic carbocycles. The molecule has 2 N–H and O–H groups in total. The summed E-state index contributed by atoms with van der Waals surface area (Å²) in [5.41, 5.74) is 9.06. The number of hydrogen-bond acceptors (Lipinski definition) is 3. The van der Waals surface area contributed by atoms with Crippen LogP contribution in [0, 0.1) is 0 Å². The van der Waals surface area contributed by atoms with E-state index < -0.39 is 11.7 Å². The Bertz CT molecular complexity index is 782. The van der Waals surface area contributed by atoms with Gasteiger partial charge in [0.2, 0.25) is 0 Å². The van der Waals surface area contributed by atoms with Crippen LogP contribution in [0.1, 0.15) is 24.5 Å². The molecule has 26 heavy (non-hydrogen) atoms. The van der Waals surface area contributed by atoms with E-state index in [0.29, 0.717) is 0 Å². The van der Waals surface area contributed by atoms with Gasteiger partial charge in [-0.3, -0.25) is 0 Å². The lowest BCUT2D eigenvalue weighted by molar-refractivity contribution is -0.898. The molecule has 0 aromatic heterocycles. The molecule has 1 aromatic rings. The monoisotopic (exact) mass is 382 g/mol. The number of quaternary nitrogens is 1. The average molecular weight is 382 g/mol. The maximum atomic E-state index is 13.4. The number of allylic oxidation sites excluding steroid dienone is 2. The van der Waals surface area contributed by atoms with Gasteiger partial charge in [-0.1, -0.05) is 23.3 Å². The Kier molecular flexibility index (Phi) is 5.33. The fourth-order valence-electron chi connectivity index (χ4n) is 3.76. The number of thioether (sulfide) groups is 1. The second-order valence-electron chi connectivity index (χ2n) is 6.82. The molecular weight excluding hydrogens is 359 g/mol. The lowest BCUT2D eigenvalue weighted by Crippen LogP contribution is -2.51. The zero-order valence-electron chi connectivity index (χ0n) is 14.9. The number of hydrogen-bond donors (Lipinski definition) is 1. The van der Waals surface area contributed by atoms with E-state index in [1.54, 1.807) is 23.9 Å². The molecule has 2 heterocycles. The topological polar surface area (TPSA) is 38.4 Å². The fraction of sp³-hybridized carbons (Fsp3) is 0.421. The van der Waals surface area contributed by atoms with E-state index in [4.69, 9.17) is 5.73 Å². The first-order chi connectivity index (χ1) is 12.3. The molecule has 0 bridgehead atoms. The summed E-state index contributed by atoms with van der Waals surface area (Å²) in [4.78, 5) is 0. The van der Waals surface area contributed by atoms with E-state index in [2.05, 4.69) is 10.5 Å². The van der Waals surface area contributed by atoms with Gasteiger partial charge in [0.15, 0.2) is 5.70 Å². The van der Waals surface area contributed by atoms with Crippen LogP contribution in [0.5, 0.6) is 0 Å². The largest absolute Gasteiger partial charge is 0.416 e. The smallest absolute Gasteiger partial charge is 0.325 e. The molecule has 2 atom stereocenters. The molecule has 0 saturated heterocycles. The number of halogens is 3. The first-order valence-electron chi connectivity index (χ1n) is 8.57. The number of rotatable bonds is 5. The first-order valence-corrected chi connectivity index (χ1v) is 9.61. The van der Waals surface area contributed by atoms with E-state index >= 15 is 0 Å². The SMILES string of the molecule is CC1=C(C2=CSCC2)[N+](C)([C@H](CN)Cc2ccccc2C(F)(F)F)N=C1. The van der Waals surface area contributed by atoms with Crippen molar-refractivity contribution < 1.29 is 17.8 Å². The molecule has 1 unspecified atom stereocenters. The van der Waals surface area contributed by atoms with Crippen LogP contribution >= 0.6 is 11.8 Å². The molecule has 0 radical (unpaired) electrons. The minimum atomic E-state index is -4.37. The Balaban J connectivity index is 1.96. The molecule has 140 valence electrons. The summed E-state index contributed by atoms with van der Waals surface area (Å²) < 4.78 is 40.3. The van der Waals surface area contributed by atoms with Crippen LogP contribution in [0.2, 0.25) is 0 Å². The Labute approximate surface area is 156 Å². The van der Waals surface area contributed by atoms with Gasteiger partial charge in [-0.2, -0.15) is 17.8 Å². The highest BCUT2D eigenvalue weighted by Gasteiger charge is 2.44. The van der Waals surface area contributed by atoms with Crippen LogP contribution in [0.3, 0.4) is 0 Å². The van der Waals surface area contributed by atoms with E-state index in [1.807, 2.05) is 20.2 Å². The predicted octanol–water partition coefficient (Wildman–Crippen LogP) is 4.32. The quantitative estimate of drug-likeness (QED) is 0.771. The number of benzene rings is 1. The highest BCUT2D eigenvalue weighted by Crippen LogP contribution is 2.40. The maximum Gasteiger partial charge on any atom is 0.416 e. The van der Waals surface area contributed by atoms with Crippen LogP contribution in [-0.2, 0) is 12.6 Å². The van der Waals surface area contributed by atoms with Gasteiger partial charge in [0.25, 0.3) is 0 Å². The first kappa shape index (κ1) is 19.2. The summed E-state index contributed by atoms with van der Waals surface area (Å²) in [6.45, 7) is 2.25. The van der Waals surface area contributed by atoms with Crippen molar-refractivity contribution in [3.05, 3.63) is 57.6 Å². The molecule has 2 aliphatic rings. The second kappa shape index (κ2) is 7.21. The Morgan fingerprint density at radius 1 is 1.31 bits per heavy atom. The highest BCUT2D eigenvalue weighted by molar-refractivity contribution is 8.02. The molecule has 0 spiro atoms. The van der Waals surface area contributed by atoms with Crippen molar-refractivity contribution in [2.45, 2.75) is 32.0 Å². The van der Waals surface area contributed by atoms with Gasteiger partial charge in [-0.05, 0) is 30.4 Å². The van der Waals surface area contributed by atoms with Crippen LogP contribution < -0.4 is 5.73 Å². The van der Waals surface area contributed by atoms with Crippen LogP contribution in [0.15, 0.2) is 51.6 Å². The standard InChI is InChI=1S/C19H23F3N3S/c1-13-11-24-25(2,18(13)15-7-8-26-12-15)16(10-23)9-14-5-3-4-6-17(14)19(20,21)22/h3-6,11-12,16H,7-10,23H2,1-2H3/q+1/t16-,25?/m0/s1. The number of nitrogens with two attached hydrogens (primary N) is 1. The van der Waals surface area contributed by atoms with E-state index in [-0.39, 0.29) is 29.2 Å². The predicted molar refractivity (Wildman–Crippen MR) is 101 cm³/mol. The number of alkyl halides is 3. The third-order valence-electron chi connectivity index (χ3n) is 5.10. The van der Waals surface area contributed by atoms with Crippen molar-refractivity contribution in [1.82, 2.24) is 0 Å². The van der Waals surface area contributed by atoms with E-state index in [1.165, 1.54) is 11.6 Å². The minimum Gasteiger partial charge on any atom is -0.325 e. The zero-order valence-corrected chi connectivity index (χ0v) is 15.7. The Morgan fingerprint density at radius 3 is 2.65 bits per heavy atom. The van der Waals surface area contributed by atoms with E-state index in [0.717, 1.165) is 29.5 Å². The molecule has 3 nitrogen and oxygen atoms in total. The average Bonchev–Trinajstić information content (AvgIpc) is 3.20. The van der Waals surface area contributed by atoms with Gasteiger partial charge in [-0.25, -0.2) is 0 Å². The molecule has 0 saturated carbocycles. The summed E-state index contributed by atoms with van der Waals surface area (Å²) in [5.74, 6) is 1.02. The second-order valence-corrected chi connectivity index (χ2v) is 7.79. The summed E-state index contributed by atoms with van der Waals surface area (Å²) in [6.07, 6.45) is -1.39. The van der Waals surface area contributed by atoms with Gasteiger partial charge in [0, 0.05) is 29.9 Å². The van der Waals surface area contributed by atoms with E-state index in [9.17, 15) is 13.2 Å². The van der Waals surface area contributed by atoms with Crippen LogP contribution in [-0.4, -0.2) is 36.2 Å². The molecular formula is C19H23F3N3S+. The third-order valence-corrected chi connectivity index (χ3v) is 5.99. The van der Waals surface area contributed by atoms with Crippen molar-refractivity contribution in [1.29, 1.82) is 0 Å². The number of nitrogens with zero attached hydrogens (tertiary/aromatic N) is 2.